The van der Waals surface area contributed by atoms with Gasteiger partial charge in [-0.1, -0.05) is 12.1 Å². The summed E-state index contributed by atoms with van der Waals surface area (Å²) in [6.45, 7) is 1.93. The maximum absolute atomic E-state index is 13.8. The zero-order chi connectivity index (χ0) is 14.7. The first-order valence-electron chi connectivity index (χ1n) is 6.08. The normalized spacial score (nSPS) is 11.9. The molecule has 1 unspecified atom stereocenters. The van der Waals surface area contributed by atoms with Crippen LogP contribution in [-0.4, -0.2) is 5.91 Å². The molecule has 0 saturated heterocycles. The smallest absolute Gasteiger partial charge is 0.248 e. The SMILES string of the molecule is CC(Nc1cc(C(N)=O)ccc1F)c1ccc(I)cc1. The Bertz CT molecular complexity index is 628. The number of carbonyl (C=O) groups excluding carboxylic acids is 1. The molecule has 1 atom stereocenters. The first kappa shape index (κ1) is 14.8. The average Bonchev–Trinajstić information content (AvgIpc) is 2.41. The van der Waals surface area contributed by atoms with Crippen LogP contribution in [0.25, 0.3) is 0 Å². The molecule has 3 N–H and O–H groups in total. The Kier molecular flexibility index (Phi) is 4.59. The average molecular weight is 384 g/mol. The number of amides is 1. The van der Waals surface area contributed by atoms with Gasteiger partial charge in [-0.2, -0.15) is 0 Å². The number of primary amides is 1. The Morgan fingerprint density at radius 3 is 2.50 bits per heavy atom. The fourth-order valence-electron chi connectivity index (χ4n) is 1.86. The monoisotopic (exact) mass is 384 g/mol. The molecule has 20 heavy (non-hydrogen) atoms. The lowest BCUT2D eigenvalue weighted by atomic mass is 10.1. The standard InChI is InChI=1S/C15H14FIN2O/c1-9(10-2-5-12(17)6-3-10)19-14-8-11(15(18)20)4-7-13(14)16/h2-9,19H,1H3,(H2,18,20). The molecule has 0 aromatic heterocycles. The minimum Gasteiger partial charge on any atom is -0.376 e. The van der Waals surface area contributed by atoms with E-state index in [0.29, 0.717) is 0 Å². The molecule has 1 amide bonds. The van der Waals surface area contributed by atoms with E-state index in [-0.39, 0.29) is 17.3 Å². The highest BCUT2D eigenvalue weighted by Crippen LogP contribution is 2.23. The number of rotatable bonds is 4. The molecule has 0 heterocycles. The summed E-state index contributed by atoms with van der Waals surface area (Å²) >= 11 is 2.23. The van der Waals surface area contributed by atoms with Gasteiger partial charge in [-0.25, -0.2) is 4.39 Å². The molecule has 5 heteroatoms. The minimum atomic E-state index is -0.574. The van der Waals surface area contributed by atoms with E-state index in [1.165, 1.54) is 18.2 Å². The number of nitrogens with one attached hydrogen (secondary N) is 1. The van der Waals surface area contributed by atoms with E-state index >= 15 is 0 Å². The van der Waals surface area contributed by atoms with Gasteiger partial charge < -0.3 is 11.1 Å². The molecular weight excluding hydrogens is 370 g/mol. The van der Waals surface area contributed by atoms with Crippen LogP contribution in [0.4, 0.5) is 10.1 Å². The molecule has 2 aromatic rings. The Balaban J connectivity index is 2.22. The molecular formula is C15H14FIN2O. The van der Waals surface area contributed by atoms with Crippen molar-refractivity contribution in [2.75, 3.05) is 5.32 Å². The van der Waals surface area contributed by atoms with Gasteiger partial charge in [-0.3, -0.25) is 4.79 Å². The van der Waals surface area contributed by atoms with Crippen LogP contribution in [0.5, 0.6) is 0 Å². The fraction of sp³-hybridized carbons (Fsp3) is 0.133. The van der Waals surface area contributed by atoms with Gasteiger partial charge in [0.25, 0.3) is 0 Å². The lowest BCUT2D eigenvalue weighted by molar-refractivity contribution is 0.100. The van der Waals surface area contributed by atoms with E-state index in [9.17, 15) is 9.18 Å². The Hall–Kier alpha value is -1.63. The molecule has 0 aliphatic carbocycles. The van der Waals surface area contributed by atoms with E-state index in [1.807, 2.05) is 31.2 Å². The third-order valence-electron chi connectivity index (χ3n) is 2.99. The second kappa shape index (κ2) is 6.21. The highest BCUT2D eigenvalue weighted by Gasteiger charge is 2.11. The zero-order valence-electron chi connectivity index (χ0n) is 10.9. The Morgan fingerprint density at radius 2 is 1.90 bits per heavy atom. The van der Waals surface area contributed by atoms with E-state index < -0.39 is 11.7 Å². The van der Waals surface area contributed by atoms with Gasteiger partial charge in [-0.05, 0) is 65.4 Å². The van der Waals surface area contributed by atoms with Crippen LogP contribution in [0.15, 0.2) is 42.5 Å². The van der Waals surface area contributed by atoms with Gasteiger partial charge in [0.2, 0.25) is 5.91 Å². The van der Waals surface area contributed by atoms with Crippen molar-refractivity contribution in [3.63, 3.8) is 0 Å². The van der Waals surface area contributed by atoms with E-state index in [0.717, 1.165) is 9.13 Å². The summed E-state index contributed by atoms with van der Waals surface area (Å²) in [6.07, 6.45) is 0. The summed E-state index contributed by atoms with van der Waals surface area (Å²) in [5.74, 6) is -0.984. The van der Waals surface area contributed by atoms with E-state index in [1.54, 1.807) is 0 Å². The summed E-state index contributed by atoms with van der Waals surface area (Å²) < 4.78 is 14.9. The maximum atomic E-state index is 13.8. The quantitative estimate of drug-likeness (QED) is 0.790. The van der Waals surface area contributed by atoms with Gasteiger partial charge in [0.05, 0.1) is 5.69 Å². The van der Waals surface area contributed by atoms with Crippen LogP contribution in [0.1, 0.15) is 28.9 Å². The van der Waals surface area contributed by atoms with Crippen molar-refractivity contribution < 1.29 is 9.18 Å². The van der Waals surface area contributed by atoms with Gasteiger partial charge in [0.15, 0.2) is 0 Å². The first-order valence-corrected chi connectivity index (χ1v) is 7.16. The molecule has 0 saturated carbocycles. The summed E-state index contributed by atoms with van der Waals surface area (Å²) in [4.78, 5) is 11.1. The molecule has 2 aromatic carbocycles. The van der Waals surface area contributed by atoms with Crippen molar-refractivity contribution >= 4 is 34.2 Å². The van der Waals surface area contributed by atoms with Crippen LogP contribution in [0.2, 0.25) is 0 Å². The summed E-state index contributed by atoms with van der Waals surface area (Å²) in [5.41, 5.74) is 6.79. The van der Waals surface area contributed by atoms with Crippen LogP contribution in [0, 0.1) is 9.39 Å². The Morgan fingerprint density at radius 1 is 1.25 bits per heavy atom. The molecule has 0 aliphatic rings. The third kappa shape index (κ3) is 3.47. The lowest BCUT2D eigenvalue weighted by Crippen LogP contribution is -2.13. The van der Waals surface area contributed by atoms with Gasteiger partial charge in [-0.15, -0.1) is 0 Å². The van der Waals surface area contributed by atoms with Crippen LogP contribution >= 0.6 is 22.6 Å². The minimum absolute atomic E-state index is 0.0790. The van der Waals surface area contributed by atoms with Crippen molar-refractivity contribution in [2.24, 2.45) is 5.73 Å². The molecule has 0 bridgehead atoms. The third-order valence-corrected chi connectivity index (χ3v) is 3.71. The van der Waals surface area contributed by atoms with E-state index in [4.69, 9.17) is 5.73 Å². The van der Waals surface area contributed by atoms with Crippen molar-refractivity contribution in [1.29, 1.82) is 0 Å². The number of hydrogen-bond donors (Lipinski definition) is 2. The number of benzene rings is 2. The number of carbonyl (C=O) groups is 1. The van der Waals surface area contributed by atoms with Crippen molar-refractivity contribution in [3.05, 3.63) is 63.0 Å². The zero-order valence-corrected chi connectivity index (χ0v) is 13.0. The second-order valence-electron chi connectivity index (χ2n) is 4.48. The summed E-state index contributed by atoms with van der Waals surface area (Å²) in [6, 6.07) is 11.9. The number of anilines is 1. The summed E-state index contributed by atoms with van der Waals surface area (Å²) in [7, 11) is 0. The predicted molar refractivity (Wildman–Crippen MR) is 86.1 cm³/mol. The Labute approximate surface area is 130 Å². The molecule has 0 fully saturated rings. The number of halogens is 2. The molecule has 0 aliphatic heterocycles. The van der Waals surface area contributed by atoms with Crippen molar-refractivity contribution in [1.82, 2.24) is 0 Å². The molecule has 104 valence electrons. The van der Waals surface area contributed by atoms with Gasteiger partial charge >= 0.3 is 0 Å². The van der Waals surface area contributed by atoms with Crippen molar-refractivity contribution in [3.8, 4) is 0 Å². The van der Waals surface area contributed by atoms with Gasteiger partial charge in [0.1, 0.15) is 5.82 Å². The molecule has 2 rings (SSSR count). The number of nitrogens with two attached hydrogens (primary N) is 1. The summed E-state index contributed by atoms with van der Waals surface area (Å²) in [5, 5.41) is 3.06. The molecule has 3 nitrogen and oxygen atoms in total. The topological polar surface area (TPSA) is 55.1 Å². The van der Waals surface area contributed by atoms with E-state index in [2.05, 4.69) is 27.9 Å². The lowest BCUT2D eigenvalue weighted by Gasteiger charge is -2.17. The maximum Gasteiger partial charge on any atom is 0.248 e. The van der Waals surface area contributed by atoms with Crippen molar-refractivity contribution in [2.45, 2.75) is 13.0 Å². The van der Waals surface area contributed by atoms with Crippen LogP contribution in [0.3, 0.4) is 0 Å². The predicted octanol–water partition coefficient (Wildman–Crippen LogP) is 3.70. The molecule has 0 spiro atoms. The second-order valence-corrected chi connectivity index (χ2v) is 5.72. The highest BCUT2D eigenvalue weighted by molar-refractivity contribution is 14.1. The largest absolute Gasteiger partial charge is 0.376 e. The van der Waals surface area contributed by atoms with Gasteiger partial charge in [0, 0.05) is 15.2 Å². The van der Waals surface area contributed by atoms with Crippen LogP contribution < -0.4 is 11.1 Å². The highest BCUT2D eigenvalue weighted by atomic mass is 127. The first-order chi connectivity index (χ1) is 9.47. The van der Waals surface area contributed by atoms with Crippen LogP contribution in [-0.2, 0) is 0 Å². The fourth-order valence-corrected chi connectivity index (χ4v) is 2.22. The molecule has 0 radical (unpaired) electrons. The number of hydrogen-bond acceptors (Lipinski definition) is 2.